The highest BCUT2D eigenvalue weighted by Crippen LogP contribution is 2.18. The first-order chi connectivity index (χ1) is 10.5. The number of nitrogens with zero attached hydrogens (tertiary/aromatic N) is 1. The smallest absolute Gasteiger partial charge is 0.269 e. The normalized spacial score (nSPS) is 11.7. The first-order valence-corrected chi connectivity index (χ1v) is 7.13. The molecule has 0 unspecified atom stereocenters. The van der Waals surface area contributed by atoms with Crippen LogP contribution in [0.2, 0.25) is 0 Å². The van der Waals surface area contributed by atoms with Crippen LogP contribution in [0.5, 0.6) is 0 Å². The summed E-state index contributed by atoms with van der Waals surface area (Å²) in [4.78, 5) is 22.4. The summed E-state index contributed by atoms with van der Waals surface area (Å²) in [7, 11) is 0. The predicted octanol–water partition coefficient (Wildman–Crippen LogP) is 3.78. The summed E-state index contributed by atoms with van der Waals surface area (Å²) < 4.78 is 0. The average molecular weight is 298 g/mol. The standard InChI is InChI=1S/C17H18N2O3/c1-3-16(13-6-4-12(2)5-7-13)18-17(20)14-8-10-15(11-9-14)19(21)22/h4-11,16H,3H2,1-2H3,(H,18,20)/t16-/m1/s1. The largest absolute Gasteiger partial charge is 0.345 e. The van der Waals surface area contributed by atoms with Gasteiger partial charge >= 0.3 is 0 Å². The van der Waals surface area contributed by atoms with Gasteiger partial charge in [0.05, 0.1) is 11.0 Å². The maximum absolute atomic E-state index is 12.3. The Morgan fingerprint density at radius 1 is 1.14 bits per heavy atom. The van der Waals surface area contributed by atoms with Gasteiger partial charge in [-0.15, -0.1) is 0 Å². The van der Waals surface area contributed by atoms with Crippen molar-refractivity contribution in [2.75, 3.05) is 0 Å². The Kier molecular flexibility index (Phi) is 4.88. The van der Waals surface area contributed by atoms with E-state index in [0.717, 1.165) is 12.0 Å². The number of nitro groups is 1. The quantitative estimate of drug-likeness (QED) is 0.674. The van der Waals surface area contributed by atoms with E-state index in [0.29, 0.717) is 5.56 Å². The number of rotatable bonds is 5. The Hall–Kier alpha value is -2.69. The summed E-state index contributed by atoms with van der Waals surface area (Å²) in [6.45, 7) is 4.01. The van der Waals surface area contributed by atoms with Gasteiger partial charge in [-0.3, -0.25) is 14.9 Å². The zero-order chi connectivity index (χ0) is 16.1. The number of non-ortho nitro benzene ring substituents is 1. The zero-order valence-electron chi connectivity index (χ0n) is 12.6. The Balaban J connectivity index is 2.11. The summed E-state index contributed by atoms with van der Waals surface area (Å²) in [5, 5.41) is 13.6. The van der Waals surface area contributed by atoms with Crippen molar-refractivity contribution < 1.29 is 9.72 Å². The van der Waals surface area contributed by atoms with Gasteiger partial charge < -0.3 is 5.32 Å². The number of carbonyl (C=O) groups excluding carboxylic acids is 1. The van der Waals surface area contributed by atoms with Crippen LogP contribution in [-0.4, -0.2) is 10.8 Å². The molecular weight excluding hydrogens is 280 g/mol. The third-order valence-corrected chi connectivity index (χ3v) is 3.53. The van der Waals surface area contributed by atoms with Crippen LogP contribution in [0.1, 0.15) is 40.9 Å². The van der Waals surface area contributed by atoms with E-state index >= 15 is 0 Å². The lowest BCUT2D eigenvalue weighted by molar-refractivity contribution is -0.384. The number of nitrogens with one attached hydrogen (secondary N) is 1. The molecule has 0 radical (unpaired) electrons. The Morgan fingerprint density at radius 3 is 2.23 bits per heavy atom. The van der Waals surface area contributed by atoms with Crippen molar-refractivity contribution in [3.63, 3.8) is 0 Å². The molecule has 1 N–H and O–H groups in total. The molecule has 0 aromatic heterocycles. The number of hydrogen-bond acceptors (Lipinski definition) is 3. The van der Waals surface area contributed by atoms with Crippen molar-refractivity contribution in [3.8, 4) is 0 Å². The summed E-state index contributed by atoms with van der Waals surface area (Å²) >= 11 is 0. The molecule has 2 rings (SSSR count). The maximum Gasteiger partial charge on any atom is 0.269 e. The molecule has 0 heterocycles. The van der Waals surface area contributed by atoms with Gasteiger partial charge in [0, 0.05) is 17.7 Å². The van der Waals surface area contributed by atoms with E-state index in [1.165, 1.54) is 29.8 Å². The highest BCUT2D eigenvalue weighted by molar-refractivity contribution is 5.94. The van der Waals surface area contributed by atoms with Crippen molar-refractivity contribution in [1.29, 1.82) is 0 Å². The van der Waals surface area contributed by atoms with Gasteiger partial charge in [0.2, 0.25) is 0 Å². The van der Waals surface area contributed by atoms with Crippen molar-refractivity contribution in [1.82, 2.24) is 5.32 Å². The molecule has 5 heteroatoms. The van der Waals surface area contributed by atoms with Crippen LogP contribution in [-0.2, 0) is 0 Å². The zero-order valence-corrected chi connectivity index (χ0v) is 12.6. The molecule has 5 nitrogen and oxygen atoms in total. The fourth-order valence-corrected chi connectivity index (χ4v) is 2.20. The molecule has 0 bridgehead atoms. The minimum absolute atomic E-state index is 0.0258. The molecule has 0 fully saturated rings. The fraction of sp³-hybridized carbons (Fsp3) is 0.235. The highest BCUT2D eigenvalue weighted by Gasteiger charge is 2.15. The minimum Gasteiger partial charge on any atom is -0.345 e. The lowest BCUT2D eigenvalue weighted by Gasteiger charge is -2.17. The van der Waals surface area contributed by atoms with Crippen molar-refractivity contribution >= 4 is 11.6 Å². The second kappa shape index (κ2) is 6.85. The van der Waals surface area contributed by atoms with E-state index in [2.05, 4.69) is 5.32 Å². The van der Waals surface area contributed by atoms with Crippen LogP contribution in [0.3, 0.4) is 0 Å². The van der Waals surface area contributed by atoms with E-state index in [1.54, 1.807) is 0 Å². The molecule has 0 aliphatic heterocycles. The Morgan fingerprint density at radius 2 is 1.73 bits per heavy atom. The molecule has 1 atom stereocenters. The second-order valence-corrected chi connectivity index (χ2v) is 5.15. The van der Waals surface area contributed by atoms with Gasteiger partial charge in [-0.1, -0.05) is 36.8 Å². The summed E-state index contributed by atoms with van der Waals surface area (Å²) in [5.41, 5.74) is 2.60. The van der Waals surface area contributed by atoms with Crippen LogP contribution in [0, 0.1) is 17.0 Å². The van der Waals surface area contributed by atoms with Crippen molar-refractivity contribution in [2.45, 2.75) is 26.3 Å². The number of nitro benzene ring substituents is 1. The van der Waals surface area contributed by atoms with Crippen molar-refractivity contribution in [2.24, 2.45) is 0 Å². The lowest BCUT2D eigenvalue weighted by atomic mass is 10.0. The molecule has 114 valence electrons. The minimum atomic E-state index is -0.483. The molecule has 0 aliphatic carbocycles. The lowest BCUT2D eigenvalue weighted by Crippen LogP contribution is -2.28. The van der Waals surface area contributed by atoms with Crippen LogP contribution < -0.4 is 5.32 Å². The first-order valence-electron chi connectivity index (χ1n) is 7.13. The molecule has 0 aliphatic rings. The predicted molar refractivity (Wildman–Crippen MR) is 84.8 cm³/mol. The van der Waals surface area contributed by atoms with Gasteiger partial charge in [0.1, 0.15) is 0 Å². The Labute approximate surface area is 129 Å². The number of amides is 1. The number of aryl methyl sites for hydroxylation is 1. The molecule has 0 saturated carbocycles. The van der Waals surface area contributed by atoms with Gasteiger partial charge in [0.25, 0.3) is 11.6 Å². The SMILES string of the molecule is CC[C@@H](NC(=O)c1ccc([N+](=O)[O-])cc1)c1ccc(C)cc1. The van der Waals surface area contributed by atoms with E-state index in [-0.39, 0.29) is 17.6 Å². The monoisotopic (exact) mass is 298 g/mol. The second-order valence-electron chi connectivity index (χ2n) is 5.15. The third kappa shape index (κ3) is 3.69. The summed E-state index contributed by atoms with van der Waals surface area (Å²) in [5.74, 6) is -0.234. The molecule has 2 aromatic carbocycles. The molecule has 2 aromatic rings. The summed E-state index contributed by atoms with van der Waals surface area (Å²) in [6, 6.07) is 13.5. The van der Waals surface area contributed by atoms with Crippen LogP contribution in [0.15, 0.2) is 48.5 Å². The third-order valence-electron chi connectivity index (χ3n) is 3.53. The number of carbonyl (C=O) groups is 1. The first kappa shape index (κ1) is 15.7. The maximum atomic E-state index is 12.3. The topological polar surface area (TPSA) is 72.2 Å². The molecule has 0 spiro atoms. The highest BCUT2D eigenvalue weighted by atomic mass is 16.6. The molecule has 1 amide bonds. The van der Waals surface area contributed by atoms with Crippen LogP contribution in [0.25, 0.3) is 0 Å². The van der Waals surface area contributed by atoms with Gasteiger partial charge in [-0.25, -0.2) is 0 Å². The molecular formula is C17H18N2O3. The van der Waals surface area contributed by atoms with E-state index in [9.17, 15) is 14.9 Å². The Bertz CT molecular complexity index is 663. The summed E-state index contributed by atoms with van der Waals surface area (Å²) in [6.07, 6.45) is 0.766. The van der Waals surface area contributed by atoms with Gasteiger partial charge in [-0.05, 0) is 31.0 Å². The fourth-order valence-electron chi connectivity index (χ4n) is 2.20. The average Bonchev–Trinajstić information content (AvgIpc) is 2.53. The van der Waals surface area contributed by atoms with Gasteiger partial charge in [-0.2, -0.15) is 0 Å². The number of benzene rings is 2. The van der Waals surface area contributed by atoms with Crippen molar-refractivity contribution in [3.05, 3.63) is 75.3 Å². The molecule has 0 saturated heterocycles. The van der Waals surface area contributed by atoms with E-state index < -0.39 is 4.92 Å². The molecule has 22 heavy (non-hydrogen) atoms. The van der Waals surface area contributed by atoms with Crippen LogP contribution >= 0.6 is 0 Å². The van der Waals surface area contributed by atoms with E-state index in [4.69, 9.17) is 0 Å². The van der Waals surface area contributed by atoms with Crippen LogP contribution in [0.4, 0.5) is 5.69 Å². The van der Waals surface area contributed by atoms with E-state index in [1.807, 2.05) is 38.1 Å². The van der Waals surface area contributed by atoms with Gasteiger partial charge in [0.15, 0.2) is 0 Å². The number of hydrogen-bond donors (Lipinski definition) is 1.